The predicted octanol–water partition coefficient (Wildman–Crippen LogP) is 2.73. The highest BCUT2D eigenvalue weighted by Gasteiger charge is 2.09. The van der Waals surface area contributed by atoms with E-state index in [1.54, 1.807) is 6.92 Å². The molecule has 0 aliphatic heterocycles. The summed E-state index contributed by atoms with van der Waals surface area (Å²) in [5.41, 5.74) is 1.69. The molecule has 0 radical (unpaired) electrons. The van der Waals surface area contributed by atoms with Crippen molar-refractivity contribution in [1.82, 2.24) is 0 Å². The van der Waals surface area contributed by atoms with Crippen molar-refractivity contribution >= 4 is 5.78 Å². The van der Waals surface area contributed by atoms with Gasteiger partial charge in [0.2, 0.25) is 0 Å². The van der Waals surface area contributed by atoms with Crippen LogP contribution in [0.2, 0.25) is 0 Å². The van der Waals surface area contributed by atoms with Crippen molar-refractivity contribution in [2.75, 3.05) is 0 Å². The molecule has 0 heterocycles. The lowest BCUT2D eigenvalue weighted by molar-refractivity contribution is -0.116. The molecule has 0 saturated heterocycles. The SMILES string of the molecule is C=C(C)C(=O)C[C@@H](C)C(=C)C. The highest BCUT2D eigenvalue weighted by molar-refractivity contribution is 5.94. The van der Waals surface area contributed by atoms with Crippen LogP contribution in [0.1, 0.15) is 27.2 Å². The Bertz CT molecular complexity index is 189. The number of hydrogen-bond acceptors (Lipinski definition) is 1. The zero-order valence-corrected chi connectivity index (χ0v) is 7.61. The summed E-state index contributed by atoms with van der Waals surface area (Å²) in [5, 5.41) is 0. The van der Waals surface area contributed by atoms with Crippen molar-refractivity contribution in [3.05, 3.63) is 24.3 Å². The number of allylic oxidation sites excluding steroid dienone is 2. The largest absolute Gasteiger partial charge is 0.295 e. The second-order valence-corrected chi connectivity index (χ2v) is 3.16. The maximum atomic E-state index is 11.1. The van der Waals surface area contributed by atoms with Crippen LogP contribution in [0.4, 0.5) is 0 Å². The topological polar surface area (TPSA) is 17.1 Å². The van der Waals surface area contributed by atoms with Gasteiger partial charge in [-0.15, -0.1) is 0 Å². The predicted molar refractivity (Wildman–Crippen MR) is 48.4 cm³/mol. The van der Waals surface area contributed by atoms with E-state index in [1.165, 1.54) is 0 Å². The van der Waals surface area contributed by atoms with Crippen molar-refractivity contribution in [1.29, 1.82) is 0 Å². The van der Waals surface area contributed by atoms with Gasteiger partial charge in [-0.3, -0.25) is 4.79 Å². The van der Waals surface area contributed by atoms with Crippen LogP contribution in [0.5, 0.6) is 0 Å². The molecule has 0 aromatic carbocycles. The average Bonchev–Trinajstić information content (AvgIpc) is 1.87. The van der Waals surface area contributed by atoms with E-state index in [1.807, 2.05) is 13.8 Å². The average molecular weight is 152 g/mol. The number of carbonyl (C=O) groups excluding carboxylic acids is 1. The molecule has 11 heavy (non-hydrogen) atoms. The molecule has 0 fully saturated rings. The molecule has 0 aliphatic rings. The Morgan fingerprint density at radius 3 is 2.09 bits per heavy atom. The fraction of sp³-hybridized carbons (Fsp3) is 0.500. The quantitative estimate of drug-likeness (QED) is 0.447. The third kappa shape index (κ3) is 3.76. The summed E-state index contributed by atoms with van der Waals surface area (Å²) < 4.78 is 0. The van der Waals surface area contributed by atoms with E-state index in [9.17, 15) is 4.79 Å². The first-order chi connectivity index (χ1) is 4.95. The third-order valence-corrected chi connectivity index (χ3v) is 1.81. The van der Waals surface area contributed by atoms with Gasteiger partial charge >= 0.3 is 0 Å². The molecule has 0 aliphatic carbocycles. The van der Waals surface area contributed by atoms with Crippen molar-refractivity contribution in [3.8, 4) is 0 Å². The molecular weight excluding hydrogens is 136 g/mol. The van der Waals surface area contributed by atoms with Gasteiger partial charge in [0, 0.05) is 6.42 Å². The number of Topliss-reactive ketones (excluding diaryl/α,β-unsaturated/α-hetero) is 1. The molecule has 0 N–H and O–H groups in total. The highest BCUT2D eigenvalue weighted by atomic mass is 16.1. The Hall–Kier alpha value is -0.850. The third-order valence-electron chi connectivity index (χ3n) is 1.81. The zero-order chi connectivity index (χ0) is 9.02. The molecule has 0 aromatic rings. The van der Waals surface area contributed by atoms with Gasteiger partial charge in [0.15, 0.2) is 5.78 Å². The van der Waals surface area contributed by atoms with Crippen LogP contribution in [0.25, 0.3) is 0 Å². The summed E-state index contributed by atoms with van der Waals surface area (Å²) in [6, 6.07) is 0. The summed E-state index contributed by atoms with van der Waals surface area (Å²) in [6.07, 6.45) is 0.546. The molecule has 0 unspecified atom stereocenters. The Labute approximate surface area is 68.8 Å². The molecule has 62 valence electrons. The number of rotatable bonds is 4. The highest BCUT2D eigenvalue weighted by Crippen LogP contribution is 2.13. The lowest BCUT2D eigenvalue weighted by Crippen LogP contribution is -2.06. The first-order valence-corrected chi connectivity index (χ1v) is 3.79. The number of carbonyl (C=O) groups is 1. The molecule has 0 bridgehead atoms. The second-order valence-electron chi connectivity index (χ2n) is 3.16. The van der Waals surface area contributed by atoms with Crippen molar-refractivity contribution in [3.63, 3.8) is 0 Å². The molecule has 0 spiro atoms. The molecule has 1 heteroatoms. The summed E-state index contributed by atoms with van der Waals surface area (Å²) in [5.74, 6) is 0.416. The minimum absolute atomic E-state index is 0.139. The normalized spacial score (nSPS) is 12.3. The van der Waals surface area contributed by atoms with E-state index < -0.39 is 0 Å². The van der Waals surface area contributed by atoms with Crippen LogP contribution in [0, 0.1) is 5.92 Å². The van der Waals surface area contributed by atoms with Gasteiger partial charge in [-0.05, 0) is 25.3 Å². The second kappa shape index (κ2) is 4.12. The van der Waals surface area contributed by atoms with Crippen molar-refractivity contribution in [2.24, 2.45) is 5.92 Å². The summed E-state index contributed by atoms with van der Waals surface area (Å²) >= 11 is 0. The molecule has 0 amide bonds. The number of ketones is 1. The van der Waals surface area contributed by atoms with E-state index in [0.29, 0.717) is 12.0 Å². The maximum absolute atomic E-state index is 11.1. The van der Waals surface area contributed by atoms with Gasteiger partial charge in [-0.1, -0.05) is 25.7 Å². The summed E-state index contributed by atoms with van der Waals surface area (Å²) in [6.45, 7) is 13.1. The van der Waals surface area contributed by atoms with Crippen molar-refractivity contribution < 1.29 is 4.79 Å². The lowest BCUT2D eigenvalue weighted by Gasteiger charge is -2.08. The van der Waals surface area contributed by atoms with Gasteiger partial charge in [0.05, 0.1) is 0 Å². The van der Waals surface area contributed by atoms with Crippen LogP contribution >= 0.6 is 0 Å². The summed E-state index contributed by atoms with van der Waals surface area (Å²) in [4.78, 5) is 11.1. The molecular formula is C10H16O. The maximum Gasteiger partial charge on any atom is 0.158 e. The standard InChI is InChI=1S/C10H16O/c1-7(2)9(5)6-10(11)8(3)4/h9H,1,3,6H2,2,4-5H3/t9-/m1/s1. The molecule has 0 rings (SSSR count). The van der Waals surface area contributed by atoms with E-state index in [2.05, 4.69) is 13.2 Å². The first kappa shape index (κ1) is 10.2. The van der Waals surface area contributed by atoms with Crippen LogP contribution in [-0.4, -0.2) is 5.78 Å². The fourth-order valence-electron chi connectivity index (χ4n) is 0.627. The molecule has 1 atom stereocenters. The van der Waals surface area contributed by atoms with E-state index in [-0.39, 0.29) is 11.7 Å². The van der Waals surface area contributed by atoms with Crippen LogP contribution in [0.3, 0.4) is 0 Å². The Kier molecular flexibility index (Phi) is 3.80. The van der Waals surface area contributed by atoms with Gasteiger partial charge < -0.3 is 0 Å². The first-order valence-electron chi connectivity index (χ1n) is 3.79. The number of hydrogen-bond donors (Lipinski definition) is 0. The van der Waals surface area contributed by atoms with E-state index >= 15 is 0 Å². The molecule has 0 aromatic heterocycles. The zero-order valence-electron chi connectivity index (χ0n) is 7.61. The minimum Gasteiger partial charge on any atom is -0.295 e. The van der Waals surface area contributed by atoms with Gasteiger partial charge in [-0.2, -0.15) is 0 Å². The summed E-state index contributed by atoms with van der Waals surface area (Å²) in [7, 11) is 0. The minimum atomic E-state index is 0.139. The Balaban J connectivity index is 3.95. The molecule has 1 nitrogen and oxygen atoms in total. The van der Waals surface area contributed by atoms with Gasteiger partial charge in [-0.25, -0.2) is 0 Å². The molecule has 0 saturated carbocycles. The van der Waals surface area contributed by atoms with Crippen molar-refractivity contribution in [2.45, 2.75) is 27.2 Å². The van der Waals surface area contributed by atoms with E-state index in [0.717, 1.165) is 5.57 Å². The Morgan fingerprint density at radius 1 is 1.36 bits per heavy atom. The smallest absolute Gasteiger partial charge is 0.158 e. The monoisotopic (exact) mass is 152 g/mol. The Morgan fingerprint density at radius 2 is 1.82 bits per heavy atom. The fourth-order valence-corrected chi connectivity index (χ4v) is 0.627. The van der Waals surface area contributed by atoms with Crippen LogP contribution < -0.4 is 0 Å². The van der Waals surface area contributed by atoms with Gasteiger partial charge in [0.1, 0.15) is 0 Å². The van der Waals surface area contributed by atoms with Gasteiger partial charge in [0.25, 0.3) is 0 Å². The van der Waals surface area contributed by atoms with Crippen LogP contribution in [0.15, 0.2) is 24.3 Å². The van der Waals surface area contributed by atoms with Crippen LogP contribution in [-0.2, 0) is 4.79 Å². The van der Waals surface area contributed by atoms with E-state index in [4.69, 9.17) is 0 Å². The lowest BCUT2D eigenvalue weighted by atomic mass is 9.96.